The van der Waals surface area contributed by atoms with E-state index >= 15 is 0 Å². The first-order chi connectivity index (χ1) is 7.75. The van der Waals surface area contributed by atoms with Gasteiger partial charge in [-0.05, 0) is 40.2 Å². The summed E-state index contributed by atoms with van der Waals surface area (Å²) >= 11 is 5.29. The summed E-state index contributed by atoms with van der Waals surface area (Å²) in [5.74, 6) is 0.990. The van der Waals surface area contributed by atoms with Gasteiger partial charge in [0.25, 0.3) is 0 Å². The van der Waals surface area contributed by atoms with Gasteiger partial charge in [-0.2, -0.15) is 5.10 Å². The third kappa shape index (κ3) is 3.02. The lowest BCUT2D eigenvalue weighted by Gasteiger charge is -2.05. The first-order valence-electron chi connectivity index (χ1n) is 4.91. The van der Waals surface area contributed by atoms with E-state index in [-0.39, 0.29) is 0 Å². The summed E-state index contributed by atoms with van der Waals surface area (Å²) in [6, 6.07) is 7.81. The Balaban J connectivity index is 1.90. The van der Waals surface area contributed by atoms with Crippen molar-refractivity contribution in [1.29, 1.82) is 0 Å². The SMILES string of the molecule is Nc1ccc(SCCn2cccn2)c(Br)c1. The lowest BCUT2D eigenvalue weighted by molar-refractivity contribution is 0.666. The number of halogens is 1. The van der Waals surface area contributed by atoms with Crippen molar-refractivity contribution < 1.29 is 0 Å². The zero-order valence-corrected chi connectivity index (χ0v) is 11.0. The Morgan fingerprint density at radius 2 is 2.31 bits per heavy atom. The van der Waals surface area contributed by atoms with Crippen molar-refractivity contribution in [3.8, 4) is 0 Å². The van der Waals surface area contributed by atoms with Gasteiger partial charge < -0.3 is 5.73 Å². The molecule has 2 N–H and O–H groups in total. The summed E-state index contributed by atoms with van der Waals surface area (Å²) < 4.78 is 2.98. The molecule has 2 aromatic rings. The normalized spacial score (nSPS) is 10.6. The Labute approximate surface area is 107 Å². The average Bonchev–Trinajstić information content (AvgIpc) is 2.74. The van der Waals surface area contributed by atoms with Gasteiger partial charge in [0.2, 0.25) is 0 Å². The van der Waals surface area contributed by atoms with E-state index in [0.29, 0.717) is 0 Å². The molecule has 0 saturated carbocycles. The minimum Gasteiger partial charge on any atom is -0.399 e. The van der Waals surface area contributed by atoms with Crippen LogP contribution in [-0.4, -0.2) is 15.5 Å². The predicted octanol–water partition coefficient (Wildman–Crippen LogP) is 3.02. The van der Waals surface area contributed by atoms with Gasteiger partial charge in [-0.3, -0.25) is 4.68 Å². The number of aryl methyl sites for hydroxylation is 1. The van der Waals surface area contributed by atoms with Gasteiger partial charge in [-0.1, -0.05) is 0 Å². The molecule has 0 spiro atoms. The number of nitrogen functional groups attached to an aromatic ring is 1. The highest BCUT2D eigenvalue weighted by molar-refractivity contribution is 9.10. The molecule has 16 heavy (non-hydrogen) atoms. The van der Waals surface area contributed by atoms with Crippen LogP contribution in [0.2, 0.25) is 0 Å². The quantitative estimate of drug-likeness (QED) is 0.697. The van der Waals surface area contributed by atoms with Crippen LogP contribution in [0.1, 0.15) is 0 Å². The molecule has 0 aliphatic rings. The Hall–Kier alpha value is -0.940. The standard InChI is InChI=1S/C11H12BrN3S/c12-10-8-9(13)2-3-11(10)16-7-6-15-5-1-4-14-15/h1-5,8H,6-7,13H2. The van der Waals surface area contributed by atoms with Crippen molar-refractivity contribution in [3.63, 3.8) is 0 Å². The van der Waals surface area contributed by atoms with Crippen LogP contribution in [0.3, 0.4) is 0 Å². The summed E-state index contributed by atoms with van der Waals surface area (Å²) in [7, 11) is 0. The molecule has 1 aromatic heterocycles. The zero-order valence-electron chi connectivity index (χ0n) is 8.64. The Kier molecular flexibility index (Phi) is 3.90. The van der Waals surface area contributed by atoms with E-state index in [1.807, 2.05) is 35.1 Å². The second-order valence-electron chi connectivity index (χ2n) is 3.31. The number of hydrogen-bond donors (Lipinski definition) is 1. The molecule has 0 unspecified atom stereocenters. The number of nitrogens with zero attached hydrogens (tertiary/aromatic N) is 2. The Morgan fingerprint density at radius 3 is 3.00 bits per heavy atom. The van der Waals surface area contributed by atoms with E-state index in [9.17, 15) is 0 Å². The highest BCUT2D eigenvalue weighted by Crippen LogP contribution is 2.29. The van der Waals surface area contributed by atoms with E-state index in [1.54, 1.807) is 18.0 Å². The summed E-state index contributed by atoms with van der Waals surface area (Å²) in [5.41, 5.74) is 6.46. The van der Waals surface area contributed by atoms with Crippen molar-refractivity contribution in [2.24, 2.45) is 0 Å². The van der Waals surface area contributed by atoms with Crippen LogP contribution < -0.4 is 5.73 Å². The molecule has 0 bridgehead atoms. The van der Waals surface area contributed by atoms with Crippen molar-refractivity contribution in [1.82, 2.24) is 9.78 Å². The highest BCUT2D eigenvalue weighted by atomic mass is 79.9. The molecule has 2 rings (SSSR count). The van der Waals surface area contributed by atoms with Gasteiger partial charge in [-0.15, -0.1) is 11.8 Å². The molecular formula is C11H12BrN3S. The first kappa shape index (κ1) is 11.5. The largest absolute Gasteiger partial charge is 0.399 e. The Morgan fingerprint density at radius 1 is 1.44 bits per heavy atom. The first-order valence-corrected chi connectivity index (χ1v) is 6.69. The predicted molar refractivity (Wildman–Crippen MR) is 71.5 cm³/mol. The summed E-state index contributed by atoms with van der Waals surface area (Å²) in [6.07, 6.45) is 3.77. The third-order valence-corrected chi connectivity index (χ3v) is 4.07. The number of nitrogens with two attached hydrogens (primary N) is 1. The fourth-order valence-electron chi connectivity index (χ4n) is 1.32. The maximum Gasteiger partial charge on any atom is 0.0503 e. The van der Waals surface area contributed by atoms with Crippen molar-refractivity contribution in [3.05, 3.63) is 41.1 Å². The number of rotatable bonds is 4. The van der Waals surface area contributed by atoms with Crippen molar-refractivity contribution >= 4 is 33.4 Å². The lowest BCUT2D eigenvalue weighted by Crippen LogP contribution is -2.00. The second-order valence-corrected chi connectivity index (χ2v) is 5.30. The van der Waals surface area contributed by atoms with Crippen LogP contribution in [0.4, 0.5) is 5.69 Å². The average molecular weight is 298 g/mol. The zero-order chi connectivity index (χ0) is 11.4. The molecule has 0 aliphatic carbocycles. The summed E-state index contributed by atoms with van der Waals surface area (Å²) in [4.78, 5) is 1.21. The minimum absolute atomic E-state index is 0.781. The number of thioether (sulfide) groups is 1. The van der Waals surface area contributed by atoms with Gasteiger partial charge >= 0.3 is 0 Å². The van der Waals surface area contributed by atoms with Crippen LogP contribution >= 0.6 is 27.7 Å². The molecule has 84 valence electrons. The van der Waals surface area contributed by atoms with E-state index in [4.69, 9.17) is 5.73 Å². The molecule has 0 atom stereocenters. The van der Waals surface area contributed by atoms with Crippen LogP contribution in [0, 0.1) is 0 Å². The highest BCUT2D eigenvalue weighted by Gasteiger charge is 2.01. The number of anilines is 1. The second kappa shape index (κ2) is 5.41. The Bertz CT molecular complexity index is 456. The topological polar surface area (TPSA) is 43.8 Å². The number of benzene rings is 1. The fraction of sp³-hybridized carbons (Fsp3) is 0.182. The number of aromatic nitrogens is 2. The number of hydrogen-bond acceptors (Lipinski definition) is 3. The van der Waals surface area contributed by atoms with E-state index in [1.165, 1.54) is 4.90 Å². The molecule has 1 aromatic carbocycles. The van der Waals surface area contributed by atoms with Crippen LogP contribution in [0.15, 0.2) is 46.0 Å². The molecule has 5 heteroatoms. The molecule has 3 nitrogen and oxygen atoms in total. The van der Waals surface area contributed by atoms with Crippen LogP contribution in [0.25, 0.3) is 0 Å². The minimum atomic E-state index is 0.781. The maximum atomic E-state index is 5.68. The lowest BCUT2D eigenvalue weighted by atomic mass is 10.3. The molecule has 0 fully saturated rings. The molecule has 0 aliphatic heterocycles. The summed E-state index contributed by atoms with van der Waals surface area (Å²) in [5, 5.41) is 4.16. The summed E-state index contributed by atoms with van der Waals surface area (Å²) in [6.45, 7) is 0.911. The van der Waals surface area contributed by atoms with E-state index in [0.717, 1.165) is 22.5 Å². The van der Waals surface area contributed by atoms with Gasteiger partial charge in [0.05, 0.1) is 6.54 Å². The van der Waals surface area contributed by atoms with Crippen molar-refractivity contribution in [2.75, 3.05) is 11.5 Å². The van der Waals surface area contributed by atoms with Gasteiger partial charge in [0, 0.05) is 33.2 Å². The van der Waals surface area contributed by atoms with Gasteiger partial charge in [-0.25, -0.2) is 0 Å². The van der Waals surface area contributed by atoms with E-state index < -0.39 is 0 Å². The van der Waals surface area contributed by atoms with Crippen molar-refractivity contribution in [2.45, 2.75) is 11.4 Å². The van der Waals surface area contributed by atoms with Crippen LogP contribution in [-0.2, 0) is 6.54 Å². The molecule has 0 saturated heterocycles. The molecule has 1 heterocycles. The monoisotopic (exact) mass is 297 g/mol. The van der Waals surface area contributed by atoms with Gasteiger partial charge in [0.15, 0.2) is 0 Å². The maximum absolute atomic E-state index is 5.68. The molecule has 0 radical (unpaired) electrons. The van der Waals surface area contributed by atoms with Crippen LogP contribution in [0.5, 0.6) is 0 Å². The van der Waals surface area contributed by atoms with E-state index in [2.05, 4.69) is 21.0 Å². The fourth-order valence-corrected chi connectivity index (χ4v) is 2.92. The smallest absolute Gasteiger partial charge is 0.0503 e. The van der Waals surface area contributed by atoms with Gasteiger partial charge in [0.1, 0.15) is 0 Å². The molecular weight excluding hydrogens is 286 g/mol. The third-order valence-electron chi connectivity index (χ3n) is 2.09. The molecule has 0 amide bonds.